The highest BCUT2D eigenvalue weighted by atomic mass is 16.5. The third-order valence-electron chi connectivity index (χ3n) is 3.18. The lowest BCUT2D eigenvalue weighted by molar-refractivity contribution is 0.203. The smallest absolute Gasteiger partial charge is 0.191 e. The molecule has 118 valence electrons. The Morgan fingerprint density at radius 1 is 1.10 bits per heavy atom. The molecule has 1 aromatic carbocycles. The van der Waals surface area contributed by atoms with Crippen LogP contribution >= 0.6 is 0 Å². The van der Waals surface area contributed by atoms with Gasteiger partial charge in [0.15, 0.2) is 5.96 Å². The van der Waals surface area contributed by atoms with Crippen molar-refractivity contribution in [3.8, 4) is 0 Å². The van der Waals surface area contributed by atoms with Gasteiger partial charge in [-0.25, -0.2) is 0 Å². The third-order valence-corrected chi connectivity index (χ3v) is 3.18. The van der Waals surface area contributed by atoms with Crippen LogP contribution in [0.2, 0.25) is 0 Å². The van der Waals surface area contributed by atoms with E-state index >= 15 is 0 Å². The average molecular weight is 291 g/mol. The zero-order valence-corrected chi connectivity index (χ0v) is 13.4. The van der Waals surface area contributed by atoms with Crippen LogP contribution in [-0.2, 0) is 11.2 Å². The Labute approximate surface area is 129 Å². The first-order valence-electron chi connectivity index (χ1n) is 7.92. The number of hydrogen-bond acceptors (Lipinski definition) is 2. The number of rotatable bonds is 10. The van der Waals surface area contributed by atoms with Crippen molar-refractivity contribution in [2.75, 3.05) is 33.4 Å². The molecule has 0 aliphatic carbocycles. The van der Waals surface area contributed by atoms with Gasteiger partial charge in [-0.05, 0) is 31.7 Å². The molecule has 0 fully saturated rings. The monoisotopic (exact) mass is 291 g/mol. The minimum absolute atomic E-state index is 0.696. The number of benzene rings is 1. The first-order chi connectivity index (χ1) is 10.4. The van der Waals surface area contributed by atoms with Crippen LogP contribution in [0.15, 0.2) is 35.3 Å². The molecule has 0 saturated heterocycles. The molecule has 0 radical (unpaired) electrons. The van der Waals surface area contributed by atoms with Crippen LogP contribution in [0.4, 0.5) is 0 Å². The molecule has 0 spiro atoms. The van der Waals surface area contributed by atoms with E-state index in [-0.39, 0.29) is 0 Å². The number of aryl methyl sites for hydroxylation is 1. The van der Waals surface area contributed by atoms with E-state index in [4.69, 9.17) is 4.74 Å². The van der Waals surface area contributed by atoms with Crippen molar-refractivity contribution in [3.05, 3.63) is 35.9 Å². The summed E-state index contributed by atoms with van der Waals surface area (Å²) in [6.07, 6.45) is 4.74. The SMILES string of the molecule is CCNC(=NCCCCCc1ccccc1)NCCOC. The summed E-state index contributed by atoms with van der Waals surface area (Å²) >= 11 is 0. The summed E-state index contributed by atoms with van der Waals surface area (Å²) in [5, 5.41) is 6.49. The molecule has 0 atom stereocenters. The van der Waals surface area contributed by atoms with Gasteiger partial charge in [0.25, 0.3) is 0 Å². The highest BCUT2D eigenvalue weighted by molar-refractivity contribution is 5.79. The van der Waals surface area contributed by atoms with Crippen LogP contribution in [0.3, 0.4) is 0 Å². The molecule has 21 heavy (non-hydrogen) atoms. The van der Waals surface area contributed by atoms with Crippen LogP contribution in [0, 0.1) is 0 Å². The molecule has 0 amide bonds. The molecular formula is C17H29N3O. The summed E-state index contributed by atoms with van der Waals surface area (Å²) in [5.41, 5.74) is 1.43. The molecule has 2 N–H and O–H groups in total. The van der Waals surface area contributed by atoms with E-state index in [0.717, 1.165) is 38.4 Å². The van der Waals surface area contributed by atoms with Gasteiger partial charge in [0.05, 0.1) is 6.61 Å². The molecular weight excluding hydrogens is 262 g/mol. The lowest BCUT2D eigenvalue weighted by atomic mass is 10.1. The highest BCUT2D eigenvalue weighted by Crippen LogP contribution is 2.06. The lowest BCUT2D eigenvalue weighted by Crippen LogP contribution is -2.39. The van der Waals surface area contributed by atoms with Crippen LogP contribution < -0.4 is 10.6 Å². The fraction of sp³-hybridized carbons (Fsp3) is 0.588. The standard InChI is InChI=1S/C17H29N3O/c1-3-18-17(20-14-15-21-2)19-13-9-5-8-12-16-10-6-4-7-11-16/h4,6-7,10-11H,3,5,8-9,12-15H2,1-2H3,(H2,18,19,20). The van der Waals surface area contributed by atoms with Crippen molar-refractivity contribution in [2.45, 2.75) is 32.6 Å². The van der Waals surface area contributed by atoms with Gasteiger partial charge in [0.1, 0.15) is 0 Å². The molecule has 0 bridgehead atoms. The van der Waals surface area contributed by atoms with E-state index in [0.29, 0.717) is 6.61 Å². The maximum Gasteiger partial charge on any atom is 0.191 e. The predicted octanol–water partition coefficient (Wildman–Crippen LogP) is 2.60. The number of methoxy groups -OCH3 is 1. The Hall–Kier alpha value is -1.55. The van der Waals surface area contributed by atoms with Crippen molar-refractivity contribution in [1.29, 1.82) is 0 Å². The Bertz CT molecular complexity index is 379. The Morgan fingerprint density at radius 2 is 1.90 bits per heavy atom. The molecule has 4 nitrogen and oxygen atoms in total. The molecule has 0 aliphatic heterocycles. The van der Waals surface area contributed by atoms with Crippen LogP contribution in [0.5, 0.6) is 0 Å². The molecule has 0 heterocycles. The van der Waals surface area contributed by atoms with E-state index in [1.54, 1.807) is 7.11 Å². The Kier molecular flexibility index (Phi) is 10.2. The van der Waals surface area contributed by atoms with Gasteiger partial charge in [0, 0.05) is 26.7 Å². The third kappa shape index (κ3) is 9.08. The summed E-state index contributed by atoms with van der Waals surface area (Å²) in [4.78, 5) is 4.57. The van der Waals surface area contributed by atoms with Crippen molar-refractivity contribution < 1.29 is 4.74 Å². The first-order valence-corrected chi connectivity index (χ1v) is 7.92. The van der Waals surface area contributed by atoms with Crippen LogP contribution in [-0.4, -0.2) is 39.3 Å². The molecule has 1 aromatic rings. The second-order valence-electron chi connectivity index (χ2n) is 4.98. The topological polar surface area (TPSA) is 45.7 Å². The van der Waals surface area contributed by atoms with Crippen molar-refractivity contribution in [1.82, 2.24) is 10.6 Å². The normalized spacial score (nSPS) is 11.4. The number of aliphatic imine (C=N–C) groups is 1. The van der Waals surface area contributed by atoms with E-state index in [9.17, 15) is 0 Å². The van der Waals surface area contributed by atoms with Gasteiger partial charge in [-0.15, -0.1) is 0 Å². The van der Waals surface area contributed by atoms with Gasteiger partial charge in [-0.1, -0.05) is 36.8 Å². The average Bonchev–Trinajstić information content (AvgIpc) is 2.52. The van der Waals surface area contributed by atoms with E-state index < -0.39 is 0 Å². The fourth-order valence-electron chi connectivity index (χ4n) is 2.07. The number of hydrogen-bond donors (Lipinski definition) is 2. The van der Waals surface area contributed by atoms with Gasteiger partial charge >= 0.3 is 0 Å². The van der Waals surface area contributed by atoms with Gasteiger partial charge in [-0.2, -0.15) is 0 Å². The largest absolute Gasteiger partial charge is 0.383 e. The lowest BCUT2D eigenvalue weighted by Gasteiger charge is -2.10. The number of guanidine groups is 1. The molecule has 4 heteroatoms. The molecule has 1 rings (SSSR count). The van der Waals surface area contributed by atoms with Crippen molar-refractivity contribution >= 4 is 5.96 Å². The fourth-order valence-corrected chi connectivity index (χ4v) is 2.07. The van der Waals surface area contributed by atoms with Gasteiger partial charge < -0.3 is 15.4 Å². The highest BCUT2D eigenvalue weighted by Gasteiger charge is 1.96. The maximum atomic E-state index is 5.02. The summed E-state index contributed by atoms with van der Waals surface area (Å²) in [6.45, 7) is 5.31. The van der Waals surface area contributed by atoms with E-state index in [2.05, 4.69) is 52.9 Å². The van der Waals surface area contributed by atoms with Gasteiger partial charge in [0.2, 0.25) is 0 Å². The molecule has 0 unspecified atom stereocenters. The molecule has 0 saturated carbocycles. The van der Waals surface area contributed by atoms with Gasteiger partial charge in [-0.3, -0.25) is 4.99 Å². The summed E-state index contributed by atoms with van der Waals surface area (Å²) in [5.74, 6) is 0.887. The number of nitrogens with one attached hydrogen (secondary N) is 2. The first kappa shape index (κ1) is 17.5. The number of unbranched alkanes of at least 4 members (excludes halogenated alkanes) is 2. The quantitative estimate of drug-likeness (QED) is 0.396. The second kappa shape index (κ2) is 12.2. The zero-order chi connectivity index (χ0) is 15.2. The molecule has 0 aliphatic rings. The Balaban J connectivity index is 2.12. The summed E-state index contributed by atoms with van der Waals surface area (Å²) < 4.78 is 5.02. The van der Waals surface area contributed by atoms with E-state index in [1.807, 2.05) is 0 Å². The Morgan fingerprint density at radius 3 is 2.62 bits per heavy atom. The molecule has 0 aromatic heterocycles. The summed E-state index contributed by atoms with van der Waals surface area (Å²) in [7, 11) is 1.71. The zero-order valence-electron chi connectivity index (χ0n) is 13.4. The predicted molar refractivity (Wildman–Crippen MR) is 89.9 cm³/mol. The minimum Gasteiger partial charge on any atom is -0.383 e. The van der Waals surface area contributed by atoms with E-state index in [1.165, 1.54) is 18.4 Å². The summed E-state index contributed by atoms with van der Waals surface area (Å²) in [6, 6.07) is 10.7. The van der Waals surface area contributed by atoms with Crippen LogP contribution in [0.1, 0.15) is 31.7 Å². The minimum atomic E-state index is 0.696. The number of ether oxygens (including phenoxy) is 1. The second-order valence-corrected chi connectivity index (χ2v) is 4.98. The number of nitrogens with zero attached hydrogens (tertiary/aromatic N) is 1. The van der Waals surface area contributed by atoms with Crippen LogP contribution in [0.25, 0.3) is 0 Å². The maximum absolute atomic E-state index is 5.02. The van der Waals surface area contributed by atoms with Crippen molar-refractivity contribution in [3.63, 3.8) is 0 Å². The van der Waals surface area contributed by atoms with Crippen molar-refractivity contribution in [2.24, 2.45) is 4.99 Å².